The largest absolute Gasteiger partial charge is 0.451 e. The van der Waals surface area contributed by atoms with Crippen molar-refractivity contribution >= 4 is 17.3 Å². The molecule has 4 N–H and O–H groups in total. The van der Waals surface area contributed by atoms with Crippen molar-refractivity contribution < 1.29 is 26.7 Å². The van der Waals surface area contributed by atoms with Gasteiger partial charge in [0.25, 0.3) is 5.92 Å². The zero-order valence-electron chi connectivity index (χ0n) is 11.5. The third-order valence-corrected chi connectivity index (χ3v) is 3.15. The van der Waals surface area contributed by atoms with Gasteiger partial charge in [0.2, 0.25) is 0 Å². The Balaban J connectivity index is 2.28. The van der Waals surface area contributed by atoms with Crippen LogP contribution in [-0.4, -0.2) is 41.3 Å². The van der Waals surface area contributed by atoms with Crippen molar-refractivity contribution in [3.05, 3.63) is 0 Å². The van der Waals surface area contributed by atoms with E-state index in [4.69, 9.17) is 11.5 Å². The van der Waals surface area contributed by atoms with E-state index in [9.17, 15) is 22.0 Å². The maximum Gasteiger partial charge on any atom is 0.425 e. The van der Waals surface area contributed by atoms with Crippen LogP contribution in [-0.2, 0) is 0 Å². The van der Waals surface area contributed by atoms with E-state index in [1.54, 1.807) is 0 Å². The van der Waals surface area contributed by atoms with Gasteiger partial charge in [0.1, 0.15) is 5.69 Å². The molecular weight excluding hydrogens is 313 g/mol. The van der Waals surface area contributed by atoms with E-state index in [2.05, 4.69) is 14.7 Å². The highest BCUT2D eigenvalue weighted by molar-refractivity contribution is 5.74. The fourth-order valence-corrected chi connectivity index (χ4v) is 1.89. The molecule has 0 aromatic carbocycles. The third-order valence-electron chi connectivity index (χ3n) is 3.15. The smallest absolute Gasteiger partial charge is 0.425 e. The maximum atomic E-state index is 13.2. The number of aromatic nitrogens is 2. The van der Waals surface area contributed by atoms with Gasteiger partial charge < -0.3 is 21.1 Å². The molecule has 6 nitrogen and oxygen atoms in total. The molecule has 0 radical (unpaired) electrons. The predicted molar refractivity (Wildman–Crippen MR) is 68.8 cm³/mol. The quantitative estimate of drug-likeness (QED) is 0.823. The highest BCUT2D eigenvalue weighted by Crippen LogP contribution is 2.35. The molecule has 1 aromatic heterocycles. The summed E-state index contributed by atoms with van der Waals surface area (Å²) in [5.41, 5.74) is 10.9. The first-order valence-corrected chi connectivity index (χ1v) is 6.29. The monoisotopic (exact) mass is 327 g/mol. The van der Waals surface area contributed by atoms with Crippen molar-refractivity contribution in [2.24, 2.45) is 0 Å². The van der Waals surface area contributed by atoms with Crippen LogP contribution in [0.1, 0.15) is 13.3 Å². The zero-order valence-corrected chi connectivity index (χ0v) is 11.5. The molecule has 11 heteroatoms. The van der Waals surface area contributed by atoms with Crippen molar-refractivity contribution in [3.63, 3.8) is 0 Å². The summed E-state index contributed by atoms with van der Waals surface area (Å²) < 4.78 is 68.5. The molecule has 22 heavy (non-hydrogen) atoms. The van der Waals surface area contributed by atoms with Crippen molar-refractivity contribution in [2.75, 3.05) is 29.5 Å². The van der Waals surface area contributed by atoms with E-state index < -0.39 is 37.2 Å². The van der Waals surface area contributed by atoms with Crippen LogP contribution >= 0.6 is 0 Å². The molecule has 0 saturated carbocycles. The lowest BCUT2D eigenvalue weighted by atomic mass is 10.3. The standard InChI is InChI=1S/C11H14F5N5O/c1-5(11(14,15)16)22-9-19-7(18)6(17)8(20-9)21-3-2-10(12,13)4-21/h5H,2-4,17H2,1H3,(H2,18,19,20)/t5-/m0/s1. The first-order chi connectivity index (χ1) is 9.99. The Labute approximate surface area is 122 Å². The Morgan fingerprint density at radius 1 is 1.27 bits per heavy atom. The average molecular weight is 327 g/mol. The number of ether oxygens (including phenoxy) is 1. The normalized spacial score (nSPS) is 19.3. The van der Waals surface area contributed by atoms with Gasteiger partial charge in [-0.2, -0.15) is 23.1 Å². The molecule has 0 aliphatic carbocycles. The molecule has 1 aliphatic heterocycles. The Bertz CT molecular complexity index is 565. The molecule has 0 unspecified atom stereocenters. The van der Waals surface area contributed by atoms with Crippen LogP contribution in [0, 0.1) is 0 Å². The highest BCUT2D eigenvalue weighted by Gasteiger charge is 2.41. The van der Waals surface area contributed by atoms with Crippen LogP contribution in [0.3, 0.4) is 0 Å². The fourth-order valence-electron chi connectivity index (χ4n) is 1.89. The molecule has 124 valence electrons. The minimum absolute atomic E-state index is 0.0537. The van der Waals surface area contributed by atoms with E-state index >= 15 is 0 Å². The third kappa shape index (κ3) is 3.39. The van der Waals surface area contributed by atoms with Crippen LogP contribution in [0.2, 0.25) is 0 Å². The van der Waals surface area contributed by atoms with Crippen molar-refractivity contribution in [2.45, 2.75) is 31.5 Å². The minimum Gasteiger partial charge on any atom is -0.451 e. The van der Waals surface area contributed by atoms with Crippen LogP contribution in [0.15, 0.2) is 0 Å². The number of nitrogens with two attached hydrogens (primary N) is 2. The Morgan fingerprint density at radius 3 is 2.41 bits per heavy atom. The summed E-state index contributed by atoms with van der Waals surface area (Å²) in [5, 5.41) is 0. The maximum absolute atomic E-state index is 13.2. The molecule has 1 fully saturated rings. The van der Waals surface area contributed by atoms with Crippen LogP contribution < -0.4 is 21.1 Å². The number of hydrogen-bond donors (Lipinski definition) is 2. The molecule has 0 bridgehead atoms. The van der Waals surface area contributed by atoms with Gasteiger partial charge in [0.05, 0.1) is 6.54 Å². The molecule has 1 aromatic rings. The van der Waals surface area contributed by atoms with Gasteiger partial charge >= 0.3 is 12.2 Å². The molecule has 1 saturated heterocycles. The SMILES string of the molecule is C[C@H](Oc1nc(N)c(N)c(N2CCC(F)(F)C2)n1)C(F)(F)F. The fraction of sp³-hybridized carbons (Fsp3) is 0.636. The summed E-state index contributed by atoms with van der Waals surface area (Å²) in [4.78, 5) is 8.33. The topological polar surface area (TPSA) is 90.3 Å². The van der Waals surface area contributed by atoms with Gasteiger partial charge in [-0.1, -0.05) is 0 Å². The van der Waals surface area contributed by atoms with Crippen molar-refractivity contribution in [1.29, 1.82) is 0 Å². The predicted octanol–water partition coefficient (Wildman–Crippen LogP) is 1.82. The zero-order chi connectivity index (χ0) is 16.7. The number of anilines is 3. The highest BCUT2D eigenvalue weighted by atomic mass is 19.4. The van der Waals surface area contributed by atoms with Gasteiger partial charge in [-0.15, -0.1) is 0 Å². The first kappa shape index (κ1) is 16.3. The average Bonchev–Trinajstić information content (AvgIpc) is 2.72. The van der Waals surface area contributed by atoms with Gasteiger partial charge in [-0.05, 0) is 6.92 Å². The van der Waals surface area contributed by atoms with Crippen molar-refractivity contribution in [1.82, 2.24) is 9.97 Å². The van der Waals surface area contributed by atoms with Crippen LogP contribution in [0.25, 0.3) is 0 Å². The van der Waals surface area contributed by atoms with Gasteiger partial charge in [0, 0.05) is 13.0 Å². The molecule has 1 aliphatic rings. The number of nitrogens with zero attached hydrogens (tertiary/aromatic N) is 3. The lowest BCUT2D eigenvalue weighted by Gasteiger charge is -2.21. The number of nitrogen functional groups attached to an aromatic ring is 2. The van der Waals surface area contributed by atoms with E-state index in [-0.39, 0.29) is 23.9 Å². The lowest BCUT2D eigenvalue weighted by Crippen LogP contribution is -2.32. The van der Waals surface area contributed by atoms with E-state index in [0.717, 1.165) is 11.8 Å². The van der Waals surface area contributed by atoms with E-state index in [0.29, 0.717) is 0 Å². The van der Waals surface area contributed by atoms with E-state index in [1.807, 2.05) is 0 Å². The summed E-state index contributed by atoms with van der Waals surface area (Å²) in [7, 11) is 0. The summed E-state index contributed by atoms with van der Waals surface area (Å²) in [6.45, 7) is 0.0590. The second-order valence-electron chi connectivity index (χ2n) is 4.96. The van der Waals surface area contributed by atoms with Crippen LogP contribution in [0.5, 0.6) is 6.01 Å². The Hall–Kier alpha value is -2.07. The van der Waals surface area contributed by atoms with Gasteiger partial charge in [0.15, 0.2) is 17.7 Å². The van der Waals surface area contributed by atoms with E-state index in [1.165, 1.54) is 0 Å². The Kier molecular flexibility index (Phi) is 3.92. The Morgan fingerprint density at radius 2 is 1.91 bits per heavy atom. The molecular formula is C11H14F5N5O. The second-order valence-corrected chi connectivity index (χ2v) is 4.96. The molecule has 2 rings (SSSR count). The minimum atomic E-state index is -4.62. The first-order valence-electron chi connectivity index (χ1n) is 6.29. The number of halogens is 5. The second kappa shape index (κ2) is 5.29. The molecule has 2 heterocycles. The number of hydrogen-bond acceptors (Lipinski definition) is 6. The number of rotatable bonds is 3. The summed E-state index contributed by atoms with van der Waals surface area (Å²) in [6, 6.07) is -0.665. The van der Waals surface area contributed by atoms with Crippen molar-refractivity contribution in [3.8, 4) is 6.01 Å². The summed E-state index contributed by atoms with van der Waals surface area (Å²) in [5.74, 6) is -3.41. The molecule has 1 atom stereocenters. The number of alkyl halides is 5. The van der Waals surface area contributed by atoms with Gasteiger partial charge in [-0.3, -0.25) is 0 Å². The summed E-state index contributed by atoms with van der Waals surface area (Å²) >= 11 is 0. The lowest BCUT2D eigenvalue weighted by molar-refractivity contribution is -0.190. The van der Waals surface area contributed by atoms with Gasteiger partial charge in [-0.25, -0.2) is 8.78 Å². The molecule has 0 spiro atoms. The molecule has 0 amide bonds. The van der Waals surface area contributed by atoms with Crippen LogP contribution in [0.4, 0.5) is 39.3 Å². The summed E-state index contributed by atoms with van der Waals surface area (Å²) in [6.07, 6.45) is -7.21.